The number of ether oxygens (including phenoxy) is 2. The lowest BCUT2D eigenvalue weighted by Gasteiger charge is -2.08. The highest BCUT2D eigenvalue weighted by Gasteiger charge is 2.14. The Morgan fingerprint density at radius 3 is 2.57 bits per heavy atom. The van der Waals surface area contributed by atoms with Gasteiger partial charge < -0.3 is 9.47 Å². The first-order valence-electron chi connectivity index (χ1n) is 8.88. The normalized spacial score (nSPS) is 10.6. The smallest absolute Gasteiger partial charge is 0.277 e. The van der Waals surface area contributed by atoms with Gasteiger partial charge in [-0.3, -0.25) is 10.1 Å². The summed E-state index contributed by atoms with van der Waals surface area (Å²) in [6.07, 6.45) is 1.64. The molecule has 2 aromatic carbocycles. The van der Waals surface area contributed by atoms with Gasteiger partial charge in [-0.15, -0.1) is 11.3 Å². The average Bonchev–Trinajstić information content (AvgIpc) is 3.44. The van der Waals surface area contributed by atoms with E-state index in [0.717, 1.165) is 5.56 Å². The number of hydrogen-bond donors (Lipinski definition) is 1. The van der Waals surface area contributed by atoms with Gasteiger partial charge in [-0.05, 0) is 48.5 Å². The van der Waals surface area contributed by atoms with Crippen molar-refractivity contribution in [2.24, 2.45) is 0 Å². The fourth-order valence-corrected chi connectivity index (χ4v) is 3.52. The summed E-state index contributed by atoms with van der Waals surface area (Å²) in [5.74, 6) is 0.503. The second-order valence-corrected chi connectivity index (χ2v) is 7.04. The van der Waals surface area contributed by atoms with Crippen LogP contribution in [0.25, 0.3) is 16.9 Å². The third-order valence-corrected chi connectivity index (χ3v) is 5.07. The van der Waals surface area contributed by atoms with Crippen LogP contribution in [-0.2, 0) is 0 Å². The number of rotatable bonds is 6. The number of thiazole rings is 1. The van der Waals surface area contributed by atoms with E-state index in [0.29, 0.717) is 28.0 Å². The van der Waals surface area contributed by atoms with Crippen molar-refractivity contribution in [3.63, 3.8) is 0 Å². The maximum absolute atomic E-state index is 13.1. The lowest BCUT2D eigenvalue weighted by molar-refractivity contribution is 0.102. The Labute approximate surface area is 175 Å². The predicted molar refractivity (Wildman–Crippen MR) is 112 cm³/mol. The molecule has 152 valence electrons. The van der Waals surface area contributed by atoms with Crippen LogP contribution < -0.4 is 14.8 Å². The van der Waals surface area contributed by atoms with Gasteiger partial charge in [0.2, 0.25) is 0 Å². The average molecular weight is 424 g/mol. The molecule has 0 aliphatic heterocycles. The van der Waals surface area contributed by atoms with Gasteiger partial charge >= 0.3 is 0 Å². The Morgan fingerprint density at radius 1 is 1.07 bits per heavy atom. The van der Waals surface area contributed by atoms with E-state index in [4.69, 9.17) is 9.47 Å². The van der Waals surface area contributed by atoms with Crippen molar-refractivity contribution in [1.82, 2.24) is 14.8 Å². The van der Waals surface area contributed by atoms with Crippen LogP contribution >= 0.6 is 11.3 Å². The van der Waals surface area contributed by atoms with E-state index in [2.05, 4.69) is 15.4 Å². The monoisotopic (exact) mass is 424 g/mol. The summed E-state index contributed by atoms with van der Waals surface area (Å²) < 4.78 is 25.1. The summed E-state index contributed by atoms with van der Waals surface area (Å²) in [6.45, 7) is 0. The molecule has 2 heterocycles. The number of aromatic nitrogens is 3. The maximum Gasteiger partial charge on any atom is 0.277 e. The highest BCUT2D eigenvalue weighted by Crippen LogP contribution is 2.33. The molecule has 1 amide bonds. The van der Waals surface area contributed by atoms with E-state index in [1.165, 1.54) is 28.2 Å². The second kappa shape index (κ2) is 8.34. The largest absolute Gasteiger partial charge is 0.493 e. The third kappa shape index (κ3) is 4.01. The molecule has 0 saturated heterocycles. The molecule has 0 spiro atoms. The summed E-state index contributed by atoms with van der Waals surface area (Å²) in [4.78, 5) is 17.0. The molecule has 0 bridgehead atoms. The van der Waals surface area contributed by atoms with Gasteiger partial charge in [0.15, 0.2) is 22.3 Å². The molecular formula is C21H17FN4O3S. The number of halogens is 1. The summed E-state index contributed by atoms with van der Waals surface area (Å²) >= 11 is 1.30. The fourth-order valence-electron chi connectivity index (χ4n) is 2.80. The Hall–Kier alpha value is -3.72. The van der Waals surface area contributed by atoms with Crippen LogP contribution in [0.4, 0.5) is 9.52 Å². The van der Waals surface area contributed by atoms with Crippen LogP contribution in [0, 0.1) is 5.82 Å². The van der Waals surface area contributed by atoms with Crippen molar-refractivity contribution in [1.29, 1.82) is 0 Å². The number of methoxy groups -OCH3 is 2. The molecule has 7 nitrogen and oxygen atoms in total. The van der Waals surface area contributed by atoms with Gasteiger partial charge in [-0.1, -0.05) is 0 Å². The van der Waals surface area contributed by atoms with Crippen molar-refractivity contribution < 1.29 is 18.7 Å². The van der Waals surface area contributed by atoms with E-state index in [-0.39, 0.29) is 17.4 Å². The minimum atomic E-state index is -0.385. The van der Waals surface area contributed by atoms with E-state index in [1.54, 1.807) is 44.7 Å². The molecule has 9 heteroatoms. The number of nitrogens with one attached hydrogen (secondary N) is 1. The minimum Gasteiger partial charge on any atom is -0.493 e. The third-order valence-electron chi connectivity index (χ3n) is 4.32. The first-order chi connectivity index (χ1) is 14.6. The van der Waals surface area contributed by atoms with Crippen molar-refractivity contribution in [2.45, 2.75) is 0 Å². The molecule has 0 unspecified atom stereocenters. The van der Waals surface area contributed by atoms with Crippen LogP contribution in [0.3, 0.4) is 0 Å². The first kappa shape index (κ1) is 19.6. The van der Waals surface area contributed by atoms with Gasteiger partial charge in [-0.25, -0.2) is 14.1 Å². The van der Waals surface area contributed by atoms with Gasteiger partial charge in [0.05, 0.1) is 25.6 Å². The van der Waals surface area contributed by atoms with Crippen LogP contribution in [0.5, 0.6) is 11.5 Å². The summed E-state index contributed by atoms with van der Waals surface area (Å²) in [5.41, 5.74) is 2.42. The molecule has 4 rings (SSSR count). The molecule has 1 N–H and O–H groups in total. The van der Waals surface area contributed by atoms with Gasteiger partial charge in [0, 0.05) is 17.1 Å². The quantitative estimate of drug-likeness (QED) is 0.496. The molecule has 2 aromatic heterocycles. The first-order valence-corrected chi connectivity index (χ1v) is 9.76. The fraction of sp³-hybridized carbons (Fsp3) is 0.0952. The van der Waals surface area contributed by atoms with Crippen molar-refractivity contribution in [3.8, 4) is 28.4 Å². The van der Waals surface area contributed by atoms with E-state index < -0.39 is 0 Å². The maximum atomic E-state index is 13.1. The van der Waals surface area contributed by atoms with Crippen LogP contribution in [0.1, 0.15) is 10.5 Å². The number of benzene rings is 2. The number of anilines is 1. The highest BCUT2D eigenvalue weighted by atomic mass is 32.1. The molecule has 4 aromatic rings. The SMILES string of the molecule is COc1ccc(-c2csc(NC(=O)c3ccn(-c4ccc(F)cc4)n3)n2)cc1OC. The number of nitrogens with zero attached hydrogens (tertiary/aromatic N) is 3. The molecule has 0 atom stereocenters. The van der Waals surface area contributed by atoms with Crippen molar-refractivity contribution >= 4 is 22.4 Å². The number of carbonyl (C=O) groups is 1. The molecule has 30 heavy (non-hydrogen) atoms. The van der Waals surface area contributed by atoms with Crippen LogP contribution in [-0.4, -0.2) is 34.9 Å². The Kier molecular flexibility index (Phi) is 5.44. The second-order valence-electron chi connectivity index (χ2n) is 6.18. The molecule has 0 radical (unpaired) electrons. The van der Waals surface area contributed by atoms with Crippen molar-refractivity contribution in [2.75, 3.05) is 19.5 Å². The highest BCUT2D eigenvalue weighted by molar-refractivity contribution is 7.14. The summed E-state index contributed by atoms with van der Waals surface area (Å²) in [7, 11) is 3.14. The zero-order valence-electron chi connectivity index (χ0n) is 16.1. The lowest BCUT2D eigenvalue weighted by Crippen LogP contribution is -2.13. The predicted octanol–water partition coefficient (Wildman–Crippen LogP) is 4.40. The Balaban J connectivity index is 1.49. The van der Waals surface area contributed by atoms with Crippen LogP contribution in [0.2, 0.25) is 0 Å². The van der Waals surface area contributed by atoms with Gasteiger partial charge in [0.25, 0.3) is 5.91 Å². The lowest BCUT2D eigenvalue weighted by atomic mass is 10.1. The molecule has 0 aliphatic carbocycles. The molecule has 0 saturated carbocycles. The van der Waals surface area contributed by atoms with Gasteiger partial charge in [-0.2, -0.15) is 5.10 Å². The van der Waals surface area contributed by atoms with Crippen molar-refractivity contribution in [3.05, 3.63) is 71.6 Å². The minimum absolute atomic E-state index is 0.224. The van der Waals surface area contributed by atoms with E-state index >= 15 is 0 Å². The van der Waals surface area contributed by atoms with Crippen LogP contribution in [0.15, 0.2) is 60.1 Å². The zero-order chi connectivity index (χ0) is 21.1. The topological polar surface area (TPSA) is 78.3 Å². The molecule has 0 fully saturated rings. The number of amides is 1. The summed E-state index contributed by atoms with van der Waals surface area (Å²) in [6, 6.07) is 12.9. The Morgan fingerprint density at radius 2 is 1.83 bits per heavy atom. The standard InChI is InChI=1S/C21H17FN4O3S/c1-28-18-8-3-13(11-19(18)29-2)17-12-30-21(23-17)24-20(27)16-9-10-26(25-16)15-6-4-14(22)5-7-15/h3-12H,1-2H3,(H,23,24,27). The van der Waals surface area contributed by atoms with E-state index in [1.807, 2.05) is 17.5 Å². The number of carbonyl (C=O) groups excluding carboxylic acids is 1. The molecular weight excluding hydrogens is 407 g/mol. The number of hydrogen-bond acceptors (Lipinski definition) is 6. The van der Waals surface area contributed by atoms with Gasteiger partial charge in [0.1, 0.15) is 5.82 Å². The summed E-state index contributed by atoms with van der Waals surface area (Å²) in [5, 5.41) is 9.28. The van der Waals surface area contributed by atoms with E-state index in [9.17, 15) is 9.18 Å². The zero-order valence-corrected chi connectivity index (χ0v) is 16.9. The molecule has 0 aliphatic rings. The Bertz CT molecular complexity index is 1190.